The lowest BCUT2D eigenvalue weighted by Crippen LogP contribution is -2.52. The maximum atomic E-state index is 12.8. The van der Waals surface area contributed by atoms with Crippen LogP contribution in [0.3, 0.4) is 0 Å². The van der Waals surface area contributed by atoms with Crippen LogP contribution >= 0.6 is 0 Å². The van der Waals surface area contributed by atoms with E-state index >= 15 is 0 Å². The molecule has 1 aromatic rings. The highest BCUT2D eigenvalue weighted by molar-refractivity contribution is 5.83. The molecule has 1 saturated heterocycles. The quantitative estimate of drug-likeness (QED) is 0.896. The topological polar surface area (TPSA) is 41.1 Å². The van der Waals surface area contributed by atoms with E-state index in [9.17, 15) is 18.0 Å². The third-order valence-electron chi connectivity index (χ3n) is 4.86. The number of rotatable bonds is 3. The Morgan fingerprint density at radius 2 is 2.13 bits per heavy atom. The number of benzene rings is 1. The normalized spacial score (nSPS) is 30.8. The van der Waals surface area contributed by atoms with E-state index < -0.39 is 11.7 Å². The van der Waals surface area contributed by atoms with Gasteiger partial charge in [-0.15, -0.1) is 0 Å². The van der Waals surface area contributed by atoms with Crippen LogP contribution in [0, 0.1) is 5.92 Å². The van der Waals surface area contributed by atoms with Crippen molar-refractivity contribution in [3.8, 4) is 0 Å². The molecule has 3 rings (SSSR count). The Morgan fingerprint density at radius 3 is 2.83 bits per heavy atom. The lowest BCUT2D eigenvalue weighted by molar-refractivity contribution is -0.137. The molecule has 1 saturated carbocycles. The molecule has 1 aliphatic heterocycles. The Kier molecular flexibility index (Phi) is 4.36. The summed E-state index contributed by atoms with van der Waals surface area (Å²) in [6.45, 7) is 3.01. The smallest absolute Gasteiger partial charge is 0.352 e. The van der Waals surface area contributed by atoms with Gasteiger partial charge in [-0.25, -0.2) is 0 Å². The van der Waals surface area contributed by atoms with E-state index in [4.69, 9.17) is 0 Å². The molecule has 0 aromatic heterocycles. The van der Waals surface area contributed by atoms with E-state index in [0.29, 0.717) is 12.0 Å². The Hall–Kier alpha value is -1.56. The monoisotopic (exact) mass is 326 g/mol. The molecule has 1 amide bonds. The fourth-order valence-corrected chi connectivity index (χ4v) is 3.33. The number of carbonyl (C=O) groups is 1. The van der Waals surface area contributed by atoms with E-state index in [1.54, 1.807) is 6.07 Å². The van der Waals surface area contributed by atoms with Gasteiger partial charge in [0.15, 0.2) is 0 Å². The fraction of sp³-hybridized carbons (Fsp3) is 0.588. The van der Waals surface area contributed by atoms with E-state index in [1.165, 1.54) is 12.1 Å². The van der Waals surface area contributed by atoms with Crippen molar-refractivity contribution in [1.82, 2.24) is 10.6 Å². The van der Waals surface area contributed by atoms with Crippen LogP contribution in [0.2, 0.25) is 0 Å². The fourth-order valence-electron chi connectivity index (χ4n) is 3.33. The number of halogens is 3. The minimum Gasteiger partial charge on any atom is -0.352 e. The second kappa shape index (κ2) is 6.15. The summed E-state index contributed by atoms with van der Waals surface area (Å²) in [4.78, 5) is 12.3. The third-order valence-corrected chi connectivity index (χ3v) is 4.86. The van der Waals surface area contributed by atoms with Crippen LogP contribution in [0.4, 0.5) is 13.2 Å². The van der Waals surface area contributed by atoms with Crippen molar-refractivity contribution in [2.75, 3.05) is 6.54 Å². The summed E-state index contributed by atoms with van der Waals surface area (Å²) >= 11 is 0. The van der Waals surface area contributed by atoms with Gasteiger partial charge in [0.05, 0.1) is 5.56 Å². The number of alkyl halides is 3. The Balaban J connectivity index is 1.62. The Morgan fingerprint density at radius 1 is 1.35 bits per heavy atom. The first-order valence-electron chi connectivity index (χ1n) is 8.07. The van der Waals surface area contributed by atoms with Gasteiger partial charge in [-0.1, -0.05) is 18.2 Å². The second-order valence-corrected chi connectivity index (χ2v) is 6.57. The van der Waals surface area contributed by atoms with Crippen LogP contribution in [-0.2, 0) is 11.0 Å². The van der Waals surface area contributed by atoms with Gasteiger partial charge in [0.25, 0.3) is 0 Å². The van der Waals surface area contributed by atoms with Crippen molar-refractivity contribution in [1.29, 1.82) is 0 Å². The Labute approximate surface area is 133 Å². The van der Waals surface area contributed by atoms with Gasteiger partial charge in [0.2, 0.25) is 5.91 Å². The zero-order chi connectivity index (χ0) is 16.6. The minimum atomic E-state index is -4.34. The van der Waals surface area contributed by atoms with Crippen LogP contribution in [-0.4, -0.2) is 24.5 Å². The van der Waals surface area contributed by atoms with Gasteiger partial charge in [-0.05, 0) is 50.3 Å². The summed E-state index contributed by atoms with van der Waals surface area (Å²) in [5, 5.41) is 6.38. The van der Waals surface area contributed by atoms with Gasteiger partial charge < -0.3 is 10.6 Å². The molecule has 2 fully saturated rings. The van der Waals surface area contributed by atoms with Crippen molar-refractivity contribution < 1.29 is 18.0 Å². The molecule has 1 aromatic carbocycles. The molecule has 23 heavy (non-hydrogen) atoms. The average Bonchev–Trinajstić information content (AvgIpc) is 3.29. The zero-order valence-electron chi connectivity index (χ0n) is 13.0. The van der Waals surface area contributed by atoms with Crippen LogP contribution in [0.15, 0.2) is 24.3 Å². The third kappa shape index (κ3) is 3.68. The zero-order valence-corrected chi connectivity index (χ0v) is 13.0. The first-order valence-corrected chi connectivity index (χ1v) is 8.07. The average molecular weight is 326 g/mol. The predicted molar refractivity (Wildman–Crippen MR) is 80.9 cm³/mol. The molecule has 126 valence electrons. The van der Waals surface area contributed by atoms with Gasteiger partial charge in [0, 0.05) is 18.0 Å². The molecule has 3 nitrogen and oxygen atoms in total. The highest BCUT2D eigenvalue weighted by Crippen LogP contribution is 2.48. The van der Waals surface area contributed by atoms with Crippen LogP contribution in [0.25, 0.3) is 0 Å². The SMILES string of the molecule is CC1NCCCC1NC(=O)C1CC1c1cccc(C(F)(F)F)c1. The number of nitrogens with one attached hydrogen (secondary N) is 2. The van der Waals surface area contributed by atoms with E-state index in [-0.39, 0.29) is 29.8 Å². The molecule has 4 unspecified atom stereocenters. The van der Waals surface area contributed by atoms with Crippen LogP contribution in [0.5, 0.6) is 0 Å². The van der Waals surface area contributed by atoms with Crippen LogP contribution in [0.1, 0.15) is 43.2 Å². The van der Waals surface area contributed by atoms with Crippen molar-refractivity contribution in [3.63, 3.8) is 0 Å². The highest BCUT2D eigenvalue weighted by Gasteiger charge is 2.45. The van der Waals surface area contributed by atoms with E-state index in [2.05, 4.69) is 10.6 Å². The molecule has 1 heterocycles. The molecule has 1 aliphatic carbocycles. The molecule has 0 spiro atoms. The molecule has 2 N–H and O–H groups in total. The molecule has 2 aliphatic rings. The first kappa shape index (κ1) is 16.3. The largest absolute Gasteiger partial charge is 0.416 e. The maximum absolute atomic E-state index is 12.8. The van der Waals surface area contributed by atoms with E-state index in [1.807, 2.05) is 6.92 Å². The van der Waals surface area contributed by atoms with Crippen molar-refractivity contribution in [2.24, 2.45) is 5.92 Å². The molecular formula is C17H21F3N2O. The lowest BCUT2D eigenvalue weighted by Gasteiger charge is -2.30. The van der Waals surface area contributed by atoms with Gasteiger partial charge >= 0.3 is 6.18 Å². The summed E-state index contributed by atoms with van der Waals surface area (Å²) in [5.41, 5.74) is -0.0408. The standard InChI is InChI=1S/C17H21F3N2O/c1-10-15(6-3-7-21-10)22-16(23)14-9-13(14)11-4-2-5-12(8-11)17(18,19)20/h2,4-5,8,10,13-15,21H,3,6-7,9H2,1H3,(H,22,23). The molecular weight excluding hydrogens is 305 g/mol. The number of piperidine rings is 1. The highest BCUT2D eigenvalue weighted by atomic mass is 19.4. The van der Waals surface area contributed by atoms with E-state index in [0.717, 1.165) is 25.5 Å². The van der Waals surface area contributed by atoms with Gasteiger partial charge in [0.1, 0.15) is 0 Å². The van der Waals surface area contributed by atoms with Gasteiger partial charge in [-0.3, -0.25) is 4.79 Å². The molecule has 4 atom stereocenters. The minimum absolute atomic E-state index is 0.0343. The van der Waals surface area contributed by atoms with Crippen LogP contribution < -0.4 is 10.6 Å². The summed E-state index contributed by atoms with van der Waals surface area (Å²) < 4.78 is 38.3. The molecule has 6 heteroatoms. The van der Waals surface area contributed by atoms with Gasteiger partial charge in [-0.2, -0.15) is 13.2 Å². The maximum Gasteiger partial charge on any atom is 0.416 e. The predicted octanol–water partition coefficient (Wildman–Crippen LogP) is 3.07. The first-order chi connectivity index (χ1) is 10.9. The van der Waals surface area contributed by atoms with Crippen molar-refractivity contribution in [3.05, 3.63) is 35.4 Å². The molecule has 0 radical (unpaired) electrons. The lowest BCUT2D eigenvalue weighted by atomic mass is 9.99. The number of carbonyl (C=O) groups excluding carboxylic acids is 1. The molecule has 0 bridgehead atoms. The summed E-state index contributed by atoms with van der Waals surface area (Å²) in [7, 11) is 0. The van der Waals surface area contributed by atoms with Crippen molar-refractivity contribution in [2.45, 2.75) is 50.4 Å². The number of hydrogen-bond acceptors (Lipinski definition) is 2. The summed E-state index contributed by atoms with van der Waals surface area (Å²) in [5.74, 6) is -0.329. The number of amides is 1. The summed E-state index contributed by atoms with van der Waals surface area (Å²) in [6.07, 6.45) is -1.74. The van der Waals surface area contributed by atoms with Crippen molar-refractivity contribution >= 4 is 5.91 Å². The number of hydrogen-bond donors (Lipinski definition) is 2. The second-order valence-electron chi connectivity index (χ2n) is 6.57. The Bertz CT molecular complexity index is 587. The summed E-state index contributed by atoms with van der Waals surface area (Å²) in [6, 6.07) is 5.67.